The van der Waals surface area contributed by atoms with Crippen LogP contribution in [0.15, 0.2) is 53.7 Å². The molecule has 2 heterocycles. The highest BCUT2D eigenvalue weighted by Crippen LogP contribution is 2.28. The summed E-state index contributed by atoms with van der Waals surface area (Å²) in [6, 6.07) is 16.2. The molecule has 1 aliphatic heterocycles. The number of nitrogens with zero attached hydrogens (tertiary/aromatic N) is 3. The van der Waals surface area contributed by atoms with Crippen molar-refractivity contribution in [2.75, 3.05) is 26.1 Å². The van der Waals surface area contributed by atoms with E-state index >= 15 is 0 Å². The molecule has 1 atom stereocenters. The fourth-order valence-electron chi connectivity index (χ4n) is 3.65. The quantitative estimate of drug-likeness (QED) is 0.332. The lowest BCUT2D eigenvalue weighted by Crippen LogP contribution is -2.17. The predicted molar refractivity (Wildman–Crippen MR) is 123 cm³/mol. The first-order valence-corrected chi connectivity index (χ1v) is 11.8. The Morgan fingerprint density at radius 2 is 2.00 bits per heavy atom. The second-order valence-electron chi connectivity index (χ2n) is 7.48. The third-order valence-corrected chi connectivity index (χ3v) is 6.30. The van der Waals surface area contributed by atoms with Gasteiger partial charge in [-0.2, -0.15) is 0 Å². The van der Waals surface area contributed by atoms with Crippen molar-refractivity contribution < 1.29 is 14.2 Å². The third kappa shape index (κ3) is 5.60. The lowest BCUT2D eigenvalue weighted by Gasteiger charge is -2.15. The summed E-state index contributed by atoms with van der Waals surface area (Å²) in [5, 5.41) is 9.88. The topological polar surface area (TPSA) is 58.4 Å². The summed E-state index contributed by atoms with van der Waals surface area (Å²) in [5.74, 6) is 3.40. The van der Waals surface area contributed by atoms with E-state index in [0.717, 1.165) is 66.2 Å². The van der Waals surface area contributed by atoms with E-state index in [9.17, 15) is 0 Å². The van der Waals surface area contributed by atoms with Crippen LogP contribution in [0.1, 0.15) is 25.3 Å². The first-order valence-electron chi connectivity index (χ1n) is 10.8. The second kappa shape index (κ2) is 10.7. The van der Waals surface area contributed by atoms with E-state index in [1.54, 1.807) is 18.9 Å². The van der Waals surface area contributed by atoms with E-state index in [1.807, 2.05) is 36.4 Å². The van der Waals surface area contributed by atoms with E-state index in [2.05, 4.69) is 33.8 Å². The highest BCUT2D eigenvalue weighted by Gasteiger charge is 2.21. The standard InChI is InChI=1S/C24H29N3O3S/c1-3-18-6-4-7-21(16-18)30-14-15-31-24-26-25-23(19-9-11-20(28-2)12-10-19)27(24)17-22-8-5-13-29-22/h4,6-7,9-12,16,22H,3,5,8,13-15,17H2,1-2H3. The highest BCUT2D eigenvalue weighted by molar-refractivity contribution is 7.99. The average molecular weight is 440 g/mol. The van der Waals surface area contributed by atoms with Crippen molar-refractivity contribution in [2.24, 2.45) is 0 Å². The largest absolute Gasteiger partial charge is 0.497 e. The van der Waals surface area contributed by atoms with E-state index in [4.69, 9.17) is 14.2 Å². The summed E-state index contributed by atoms with van der Waals surface area (Å²) >= 11 is 1.67. The molecule has 2 aromatic carbocycles. The number of rotatable bonds is 10. The van der Waals surface area contributed by atoms with Gasteiger partial charge in [0.2, 0.25) is 0 Å². The summed E-state index contributed by atoms with van der Waals surface area (Å²) in [7, 11) is 1.67. The van der Waals surface area contributed by atoms with Gasteiger partial charge in [-0.05, 0) is 61.2 Å². The maximum absolute atomic E-state index is 5.94. The molecule has 7 heteroatoms. The van der Waals surface area contributed by atoms with Gasteiger partial charge in [0, 0.05) is 17.9 Å². The zero-order valence-electron chi connectivity index (χ0n) is 18.1. The molecule has 164 valence electrons. The van der Waals surface area contributed by atoms with Crippen molar-refractivity contribution in [3.05, 3.63) is 54.1 Å². The molecule has 1 unspecified atom stereocenters. The number of thioether (sulfide) groups is 1. The van der Waals surface area contributed by atoms with Crippen LogP contribution < -0.4 is 9.47 Å². The Balaban J connectivity index is 1.44. The average Bonchev–Trinajstić information content (AvgIpc) is 3.47. The zero-order chi connectivity index (χ0) is 21.5. The number of ether oxygens (including phenoxy) is 3. The molecule has 0 radical (unpaired) electrons. The van der Waals surface area contributed by atoms with Crippen LogP contribution in [0.5, 0.6) is 11.5 Å². The fraction of sp³-hybridized carbons (Fsp3) is 0.417. The van der Waals surface area contributed by atoms with E-state index in [-0.39, 0.29) is 6.10 Å². The van der Waals surface area contributed by atoms with Crippen LogP contribution in [0.25, 0.3) is 11.4 Å². The molecule has 0 saturated carbocycles. The number of aryl methyl sites for hydroxylation is 1. The molecule has 4 rings (SSSR count). The number of hydrogen-bond donors (Lipinski definition) is 0. The second-order valence-corrected chi connectivity index (χ2v) is 8.54. The molecule has 0 amide bonds. The van der Waals surface area contributed by atoms with Gasteiger partial charge in [-0.15, -0.1) is 10.2 Å². The van der Waals surface area contributed by atoms with Crippen molar-refractivity contribution in [3.63, 3.8) is 0 Å². The molecule has 0 spiro atoms. The number of aromatic nitrogens is 3. The Hall–Kier alpha value is -2.51. The molecule has 1 aromatic heterocycles. The van der Waals surface area contributed by atoms with Crippen molar-refractivity contribution in [2.45, 2.75) is 44.0 Å². The van der Waals surface area contributed by atoms with Crippen molar-refractivity contribution in [1.29, 1.82) is 0 Å². The van der Waals surface area contributed by atoms with Crippen LogP contribution in [0, 0.1) is 0 Å². The summed E-state index contributed by atoms with van der Waals surface area (Å²) in [4.78, 5) is 0. The Morgan fingerprint density at radius 1 is 1.13 bits per heavy atom. The van der Waals surface area contributed by atoms with E-state index in [1.165, 1.54) is 5.56 Å². The van der Waals surface area contributed by atoms with Gasteiger partial charge in [0.05, 0.1) is 26.4 Å². The molecule has 1 aliphatic rings. The molecule has 1 saturated heterocycles. The summed E-state index contributed by atoms with van der Waals surface area (Å²) in [5.41, 5.74) is 2.30. The molecule has 0 bridgehead atoms. The third-order valence-electron chi connectivity index (χ3n) is 5.37. The van der Waals surface area contributed by atoms with Gasteiger partial charge in [-0.25, -0.2) is 0 Å². The smallest absolute Gasteiger partial charge is 0.191 e. The minimum atomic E-state index is 0.209. The van der Waals surface area contributed by atoms with Crippen LogP contribution in [0.2, 0.25) is 0 Å². The summed E-state index contributed by atoms with van der Waals surface area (Å²) < 4.78 is 19.3. The lowest BCUT2D eigenvalue weighted by atomic mass is 10.2. The summed E-state index contributed by atoms with van der Waals surface area (Å²) in [6.07, 6.45) is 3.39. The first kappa shape index (κ1) is 21.7. The van der Waals surface area contributed by atoms with Crippen molar-refractivity contribution in [1.82, 2.24) is 14.8 Å². The van der Waals surface area contributed by atoms with Crippen molar-refractivity contribution in [3.8, 4) is 22.9 Å². The minimum absolute atomic E-state index is 0.209. The Kier molecular flexibility index (Phi) is 7.48. The molecule has 0 N–H and O–H groups in total. The Bertz CT molecular complexity index is 968. The number of benzene rings is 2. The maximum atomic E-state index is 5.94. The van der Waals surface area contributed by atoms with Gasteiger partial charge in [-0.3, -0.25) is 4.57 Å². The van der Waals surface area contributed by atoms with Crippen LogP contribution in [-0.2, 0) is 17.7 Å². The Morgan fingerprint density at radius 3 is 2.74 bits per heavy atom. The highest BCUT2D eigenvalue weighted by atomic mass is 32.2. The number of hydrogen-bond acceptors (Lipinski definition) is 6. The minimum Gasteiger partial charge on any atom is -0.497 e. The molecular formula is C24H29N3O3S. The van der Waals surface area contributed by atoms with Crippen LogP contribution in [0.3, 0.4) is 0 Å². The monoisotopic (exact) mass is 439 g/mol. The van der Waals surface area contributed by atoms with Gasteiger partial charge in [0.15, 0.2) is 11.0 Å². The zero-order valence-corrected chi connectivity index (χ0v) is 18.9. The van der Waals surface area contributed by atoms with Crippen LogP contribution in [0.4, 0.5) is 0 Å². The van der Waals surface area contributed by atoms with Crippen LogP contribution >= 0.6 is 11.8 Å². The maximum Gasteiger partial charge on any atom is 0.191 e. The SMILES string of the molecule is CCc1cccc(OCCSc2nnc(-c3ccc(OC)cc3)n2CC2CCCO2)c1. The van der Waals surface area contributed by atoms with Gasteiger partial charge in [0.25, 0.3) is 0 Å². The van der Waals surface area contributed by atoms with Gasteiger partial charge in [-0.1, -0.05) is 30.8 Å². The van der Waals surface area contributed by atoms with Crippen molar-refractivity contribution >= 4 is 11.8 Å². The van der Waals surface area contributed by atoms with E-state index < -0.39 is 0 Å². The number of methoxy groups -OCH3 is 1. The molecule has 3 aromatic rings. The predicted octanol–water partition coefficient (Wildman–Crippen LogP) is 4.87. The molecule has 6 nitrogen and oxygen atoms in total. The van der Waals surface area contributed by atoms with Gasteiger partial charge >= 0.3 is 0 Å². The van der Waals surface area contributed by atoms with E-state index in [0.29, 0.717) is 6.61 Å². The molecule has 0 aliphatic carbocycles. The fourth-order valence-corrected chi connectivity index (χ4v) is 4.42. The Labute approximate surface area is 187 Å². The molecule has 31 heavy (non-hydrogen) atoms. The first-order chi connectivity index (χ1) is 15.3. The summed E-state index contributed by atoms with van der Waals surface area (Å²) in [6.45, 7) is 4.35. The van der Waals surface area contributed by atoms with Gasteiger partial charge in [0.1, 0.15) is 11.5 Å². The molecule has 1 fully saturated rings. The lowest BCUT2D eigenvalue weighted by molar-refractivity contribution is 0.0953. The molecular weight excluding hydrogens is 410 g/mol. The normalized spacial score (nSPS) is 15.9. The van der Waals surface area contributed by atoms with Gasteiger partial charge < -0.3 is 14.2 Å². The van der Waals surface area contributed by atoms with Crippen LogP contribution in [-0.4, -0.2) is 46.9 Å².